The SMILES string of the molecule is CCC[C@H](CNC(=O)OC)C(=O)N1CC2(CC(c3cccc(C4CC4)c3)C2)C1. The van der Waals surface area contributed by atoms with Crippen LogP contribution in [0.2, 0.25) is 0 Å². The molecule has 5 nitrogen and oxygen atoms in total. The predicted molar refractivity (Wildman–Crippen MR) is 108 cm³/mol. The van der Waals surface area contributed by atoms with Gasteiger partial charge in [-0.1, -0.05) is 37.6 Å². The first-order valence-corrected chi connectivity index (χ1v) is 10.7. The second-order valence-electron chi connectivity index (χ2n) is 9.10. The number of hydrogen-bond donors (Lipinski definition) is 1. The second kappa shape index (κ2) is 7.76. The molecule has 1 aromatic carbocycles. The first kappa shape index (κ1) is 19.3. The molecule has 1 spiro atoms. The Hall–Kier alpha value is -2.04. The number of benzene rings is 1. The normalized spacial score (nSPS) is 21.6. The largest absolute Gasteiger partial charge is 0.453 e. The quantitative estimate of drug-likeness (QED) is 0.772. The maximum Gasteiger partial charge on any atom is 0.406 e. The molecule has 2 aliphatic carbocycles. The number of hydrogen-bond acceptors (Lipinski definition) is 3. The number of amides is 2. The summed E-state index contributed by atoms with van der Waals surface area (Å²) in [6.45, 7) is 4.19. The van der Waals surface area contributed by atoms with E-state index in [0.29, 0.717) is 17.9 Å². The third-order valence-corrected chi connectivity index (χ3v) is 6.82. The molecule has 1 aliphatic heterocycles. The highest BCUT2D eigenvalue weighted by Gasteiger charge is 2.54. The summed E-state index contributed by atoms with van der Waals surface area (Å²) in [6.07, 6.45) is 6.34. The van der Waals surface area contributed by atoms with Crippen molar-refractivity contribution >= 4 is 12.0 Å². The van der Waals surface area contributed by atoms with Gasteiger partial charge in [0.1, 0.15) is 0 Å². The number of rotatable bonds is 7. The number of carbonyl (C=O) groups is 2. The lowest BCUT2D eigenvalue weighted by Crippen LogP contribution is -2.64. The summed E-state index contributed by atoms with van der Waals surface area (Å²) in [4.78, 5) is 26.2. The summed E-state index contributed by atoms with van der Waals surface area (Å²) in [5, 5.41) is 2.69. The van der Waals surface area contributed by atoms with E-state index < -0.39 is 6.09 Å². The van der Waals surface area contributed by atoms with Crippen molar-refractivity contribution in [2.24, 2.45) is 11.3 Å². The molecule has 1 atom stereocenters. The molecule has 0 bridgehead atoms. The number of nitrogens with one attached hydrogen (secondary N) is 1. The van der Waals surface area contributed by atoms with Gasteiger partial charge in [-0.3, -0.25) is 4.79 Å². The topological polar surface area (TPSA) is 58.6 Å². The van der Waals surface area contributed by atoms with Crippen LogP contribution in [0.1, 0.15) is 68.4 Å². The van der Waals surface area contributed by atoms with E-state index in [1.165, 1.54) is 43.9 Å². The lowest BCUT2D eigenvalue weighted by molar-refractivity contribution is -0.156. The fourth-order valence-electron chi connectivity index (χ4n) is 5.08. The van der Waals surface area contributed by atoms with Gasteiger partial charge >= 0.3 is 6.09 Å². The zero-order valence-electron chi connectivity index (χ0n) is 17.1. The number of alkyl carbamates (subject to hydrolysis) is 1. The molecule has 152 valence electrons. The van der Waals surface area contributed by atoms with Gasteiger partial charge in [0.15, 0.2) is 0 Å². The summed E-state index contributed by atoms with van der Waals surface area (Å²) in [5.74, 6) is 1.50. The zero-order chi connectivity index (χ0) is 19.7. The van der Waals surface area contributed by atoms with Crippen LogP contribution in [0.4, 0.5) is 4.79 Å². The van der Waals surface area contributed by atoms with Crippen LogP contribution < -0.4 is 5.32 Å². The Bertz CT molecular complexity index is 729. The van der Waals surface area contributed by atoms with Crippen molar-refractivity contribution in [3.63, 3.8) is 0 Å². The average molecular weight is 385 g/mol. The number of likely N-dealkylation sites (tertiary alicyclic amines) is 1. The Morgan fingerprint density at radius 2 is 1.89 bits per heavy atom. The Morgan fingerprint density at radius 1 is 1.21 bits per heavy atom. The molecule has 0 aromatic heterocycles. The Kier molecular flexibility index (Phi) is 5.35. The van der Waals surface area contributed by atoms with E-state index in [1.54, 1.807) is 0 Å². The third-order valence-electron chi connectivity index (χ3n) is 6.82. The molecule has 0 radical (unpaired) electrons. The van der Waals surface area contributed by atoms with Gasteiger partial charge in [0.05, 0.1) is 13.0 Å². The molecule has 5 heteroatoms. The van der Waals surface area contributed by atoms with Crippen molar-refractivity contribution in [2.45, 2.75) is 57.3 Å². The smallest absolute Gasteiger partial charge is 0.406 e. The highest BCUT2D eigenvalue weighted by Crippen LogP contribution is 2.56. The molecule has 28 heavy (non-hydrogen) atoms. The fraction of sp³-hybridized carbons (Fsp3) is 0.652. The molecule has 1 aromatic rings. The minimum absolute atomic E-state index is 0.146. The van der Waals surface area contributed by atoms with Crippen LogP contribution in [-0.4, -0.2) is 43.6 Å². The molecule has 1 saturated heterocycles. The maximum atomic E-state index is 12.9. The van der Waals surface area contributed by atoms with Crippen molar-refractivity contribution in [1.82, 2.24) is 10.2 Å². The number of nitrogens with zero attached hydrogens (tertiary/aromatic N) is 1. The minimum Gasteiger partial charge on any atom is -0.453 e. The standard InChI is InChI=1S/C23H32N2O3/c1-3-5-19(13-24-22(27)28-2)21(26)25-14-23(15-25)11-20(12-23)18-7-4-6-17(10-18)16-8-9-16/h4,6-7,10,16,19-20H,3,5,8-9,11-15H2,1-2H3,(H,24,27)/t19-/m1/s1. The minimum atomic E-state index is -0.468. The predicted octanol–water partition coefficient (Wildman–Crippen LogP) is 4.04. The molecule has 4 rings (SSSR count). The van der Waals surface area contributed by atoms with E-state index >= 15 is 0 Å². The Morgan fingerprint density at radius 3 is 2.50 bits per heavy atom. The van der Waals surface area contributed by atoms with Gasteiger partial charge in [-0.25, -0.2) is 4.79 Å². The molecule has 2 amide bonds. The first-order valence-electron chi connectivity index (χ1n) is 10.7. The Labute approximate surface area is 167 Å². The maximum absolute atomic E-state index is 12.9. The van der Waals surface area contributed by atoms with Crippen LogP contribution in [0.25, 0.3) is 0 Å². The van der Waals surface area contributed by atoms with E-state index in [4.69, 9.17) is 0 Å². The summed E-state index contributed by atoms with van der Waals surface area (Å²) < 4.78 is 4.62. The van der Waals surface area contributed by atoms with Crippen LogP contribution in [0, 0.1) is 11.3 Å². The monoisotopic (exact) mass is 384 g/mol. The van der Waals surface area contributed by atoms with Crippen molar-refractivity contribution in [1.29, 1.82) is 0 Å². The lowest BCUT2D eigenvalue weighted by atomic mass is 9.56. The van der Waals surface area contributed by atoms with E-state index in [-0.39, 0.29) is 11.8 Å². The van der Waals surface area contributed by atoms with Crippen LogP contribution in [-0.2, 0) is 9.53 Å². The van der Waals surface area contributed by atoms with Crippen LogP contribution in [0.5, 0.6) is 0 Å². The Balaban J connectivity index is 1.27. The van der Waals surface area contributed by atoms with Crippen LogP contribution >= 0.6 is 0 Å². The number of carbonyl (C=O) groups excluding carboxylic acids is 2. The summed E-state index contributed by atoms with van der Waals surface area (Å²) in [7, 11) is 1.35. The summed E-state index contributed by atoms with van der Waals surface area (Å²) >= 11 is 0. The molecule has 0 unspecified atom stereocenters. The lowest BCUT2D eigenvalue weighted by Gasteiger charge is -2.59. The van der Waals surface area contributed by atoms with Gasteiger partial charge in [0, 0.05) is 25.0 Å². The van der Waals surface area contributed by atoms with Crippen molar-refractivity contribution in [3.8, 4) is 0 Å². The van der Waals surface area contributed by atoms with E-state index in [9.17, 15) is 9.59 Å². The second-order valence-corrected chi connectivity index (χ2v) is 9.10. The van der Waals surface area contributed by atoms with Gasteiger partial charge in [0.25, 0.3) is 0 Å². The van der Waals surface area contributed by atoms with Crippen molar-refractivity contribution in [2.75, 3.05) is 26.7 Å². The van der Waals surface area contributed by atoms with Crippen LogP contribution in [0.15, 0.2) is 24.3 Å². The third kappa shape index (κ3) is 3.89. The van der Waals surface area contributed by atoms with Crippen molar-refractivity contribution in [3.05, 3.63) is 35.4 Å². The number of methoxy groups -OCH3 is 1. The highest BCUT2D eigenvalue weighted by atomic mass is 16.5. The molecule has 2 saturated carbocycles. The molecular weight excluding hydrogens is 352 g/mol. The molecule has 3 aliphatic rings. The van der Waals surface area contributed by atoms with Gasteiger partial charge in [-0.05, 0) is 55.1 Å². The summed E-state index contributed by atoms with van der Waals surface area (Å²) in [6, 6.07) is 9.19. The van der Waals surface area contributed by atoms with E-state index in [0.717, 1.165) is 31.8 Å². The molecular formula is C23H32N2O3. The average Bonchev–Trinajstić information content (AvgIpc) is 3.48. The van der Waals surface area contributed by atoms with E-state index in [1.807, 2.05) is 4.90 Å². The van der Waals surface area contributed by atoms with E-state index in [2.05, 4.69) is 41.2 Å². The van der Waals surface area contributed by atoms with Crippen molar-refractivity contribution < 1.29 is 14.3 Å². The molecule has 1 heterocycles. The molecule has 1 N–H and O–H groups in total. The van der Waals surface area contributed by atoms with Gasteiger partial charge in [0.2, 0.25) is 5.91 Å². The summed E-state index contributed by atoms with van der Waals surface area (Å²) in [5.41, 5.74) is 3.35. The first-order chi connectivity index (χ1) is 13.5. The zero-order valence-corrected chi connectivity index (χ0v) is 17.1. The highest BCUT2D eigenvalue weighted by molar-refractivity contribution is 5.81. The number of ether oxygens (including phenoxy) is 1. The van der Waals surface area contributed by atoms with Crippen LogP contribution in [0.3, 0.4) is 0 Å². The van der Waals surface area contributed by atoms with Gasteiger partial charge in [-0.15, -0.1) is 0 Å². The van der Waals surface area contributed by atoms with Gasteiger partial charge in [-0.2, -0.15) is 0 Å². The van der Waals surface area contributed by atoms with Gasteiger partial charge < -0.3 is 15.0 Å². The molecule has 3 fully saturated rings. The fourth-order valence-corrected chi connectivity index (χ4v) is 5.08.